The molecule has 1 aliphatic rings. The minimum atomic E-state index is -0.401. The fourth-order valence-electron chi connectivity index (χ4n) is 4.89. The number of ether oxygens (including phenoxy) is 2. The van der Waals surface area contributed by atoms with Crippen LogP contribution in [0.25, 0.3) is 0 Å². The summed E-state index contributed by atoms with van der Waals surface area (Å²) in [4.78, 5) is 24.7. The highest BCUT2D eigenvalue weighted by atomic mass is 16.5. The van der Waals surface area contributed by atoms with Crippen molar-refractivity contribution in [2.75, 3.05) is 25.2 Å². The molecule has 6 nitrogen and oxygen atoms in total. The zero-order chi connectivity index (χ0) is 24.7. The van der Waals surface area contributed by atoms with Crippen molar-refractivity contribution in [2.45, 2.75) is 58.8 Å². The normalized spacial score (nSPS) is 18.2. The maximum atomic E-state index is 11.9. The Bertz CT molecular complexity index is 975. The molecule has 0 atom stereocenters. The van der Waals surface area contributed by atoms with Crippen molar-refractivity contribution in [2.24, 2.45) is 17.1 Å². The van der Waals surface area contributed by atoms with Crippen LogP contribution in [-0.4, -0.2) is 32.6 Å². The summed E-state index contributed by atoms with van der Waals surface area (Å²) in [6.45, 7) is 7.75. The Morgan fingerprint density at radius 1 is 1.09 bits per heavy atom. The Kier molecular flexibility index (Phi) is 8.59. The fraction of sp³-hybridized carbons (Fsp3) is 0.500. The number of carbonyl (C=O) groups is 2. The van der Waals surface area contributed by atoms with E-state index in [0.29, 0.717) is 36.0 Å². The zero-order valence-electron chi connectivity index (χ0n) is 20.9. The molecular formula is C28H38N2O4. The summed E-state index contributed by atoms with van der Waals surface area (Å²) in [6, 6.07) is 13.6. The first kappa shape index (κ1) is 25.6. The molecule has 0 heterocycles. The van der Waals surface area contributed by atoms with E-state index >= 15 is 0 Å². The highest BCUT2D eigenvalue weighted by Crippen LogP contribution is 2.43. The maximum absolute atomic E-state index is 11.9. The van der Waals surface area contributed by atoms with E-state index in [0.717, 1.165) is 23.6 Å². The third kappa shape index (κ3) is 6.75. The van der Waals surface area contributed by atoms with Gasteiger partial charge in [0.15, 0.2) is 11.5 Å². The van der Waals surface area contributed by atoms with Crippen LogP contribution in [0.3, 0.4) is 0 Å². The van der Waals surface area contributed by atoms with E-state index in [1.807, 2.05) is 12.1 Å². The van der Waals surface area contributed by atoms with Crippen LogP contribution in [0.15, 0.2) is 42.5 Å². The molecular weight excluding hydrogens is 428 g/mol. The molecule has 34 heavy (non-hydrogen) atoms. The first-order chi connectivity index (χ1) is 16.2. The molecule has 0 saturated heterocycles. The Morgan fingerprint density at radius 2 is 1.82 bits per heavy atom. The summed E-state index contributed by atoms with van der Waals surface area (Å²) >= 11 is 0. The lowest BCUT2D eigenvalue weighted by molar-refractivity contribution is -0.117. The van der Waals surface area contributed by atoms with Crippen LogP contribution in [0.5, 0.6) is 11.5 Å². The zero-order valence-corrected chi connectivity index (χ0v) is 20.9. The molecule has 1 aliphatic carbocycles. The van der Waals surface area contributed by atoms with Crippen LogP contribution in [-0.2, 0) is 16.0 Å². The number of hydrogen-bond acceptors (Lipinski definition) is 4. The van der Waals surface area contributed by atoms with E-state index in [1.54, 1.807) is 30.2 Å². The van der Waals surface area contributed by atoms with Crippen molar-refractivity contribution in [1.82, 2.24) is 0 Å². The molecule has 0 bridgehead atoms. The number of amides is 2. The molecule has 3 rings (SSSR count). The van der Waals surface area contributed by atoms with Crippen molar-refractivity contribution in [3.8, 4) is 11.5 Å². The highest BCUT2D eigenvalue weighted by Gasteiger charge is 2.30. The smallest absolute Gasteiger partial charge is 0.221 e. The van der Waals surface area contributed by atoms with Crippen molar-refractivity contribution in [3.05, 3.63) is 53.6 Å². The Hall–Kier alpha value is -3.02. The molecule has 0 aliphatic heterocycles. The van der Waals surface area contributed by atoms with Gasteiger partial charge in [-0.2, -0.15) is 0 Å². The number of nitrogens with two attached hydrogens (primary N) is 1. The number of rotatable bonds is 10. The van der Waals surface area contributed by atoms with Gasteiger partial charge in [0.05, 0.1) is 20.1 Å². The molecule has 184 valence electrons. The van der Waals surface area contributed by atoms with Gasteiger partial charge in [-0.1, -0.05) is 39.0 Å². The lowest BCUT2D eigenvalue weighted by Crippen LogP contribution is -2.27. The molecule has 1 fully saturated rings. The van der Waals surface area contributed by atoms with E-state index in [-0.39, 0.29) is 6.42 Å². The highest BCUT2D eigenvalue weighted by molar-refractivity contribution is 5.77. The van der Waals surface area contributed by atoms with Gasteiger partial charge in [-0.25, -0.2) is 0 Å². The molecule has 2 N–H and O–H groups in total. The minimum absolute atomic E-state index is 0.143. The Labute approximate surface area is 203 Å². The van der Waals surface area contributed by atoms with Crippen molar-refractivity contribution in [3.63, 3.8) is 0 Å². The van der Waals surface area contributed by atoms with E-state index in [4.69, 9.17) is 15.2 Å². The predicted octanol–water partition coefficient (Wildman–Crippen LogP) is 5.08. The summed E-state index contributed by atoms with van der Waals surface area (Å²) in [6.07, 6.45) is 5.89. The molecule has 2 aromatic carbocycles. The van der Waals surface area contributed by atoms with Gasteiger partial charge in [-0.3, -0.25) is 9.59 Å². The minimum Gasteiger partial charge on any atom is -0.493 e. The van der Waals surface area contributed by atoms with E-state index in [1.165, 1.54) is 31.2 Å². The van der Waals surface area contributed by atoms with Gasteiger partial charge in [0, 0.05) is 5.69 Å². The predicted molar refractivity (Wildman–Crippen MR) is 135 cm³/mol. The number of primary amides is 1. The van der Waals surface area contributed by atoms with Crippen LogP contribution in [0.4, 0.5) is 5.69 Å². The molecule has 0 radical (unpaired) electrons. The maximum Gasteiger partial charge on any atom is 0.221 e. The second kappa shape index (κ2) is 11.4. The van der Waals surface area contributed by atoms with Gasteiger partial charge in [0.25, 0.3) is 0 Å². The number of carbonyl (C=O) groups excluding carboxylic acids is 2. The largest absolute Gasteiger partial charge is 0.493 e. The molecule has 1 saturated carbocycles. The second-order valence-electron chi connectivity index (χ2n) is 10.3. The summed E-state index contributed by atoms with van der Waals surface area (Å²) in [5, 5.41) is 0. The van der Waals surface area contributed by atoms with Crippen molar-refractivity contribution < 1.29 is 19.1 Å². The first-order valence-corrected chi connectivity index (χ1v) is 12.1. The molecule has 2 aromatic rings. The third-order valence-corrected chi connectivity index (χ3v) is 6.95. The molecule has 0 unspecified atom stereocenters. The molecule has 0 spiro atoms. The Balaban J connectivity index is 1.60. The fourth-order valence-corrected chi connectivity index (χ4v) is 4.89. The van der Waals surface area contributed by atoms with Gasteiger partial charge in [-0.15, -0.1) is 0 Å². The second-order valence-corrected chi connectivity index (χ2v) is 10.3. The average Bonchev–Trinajstić information content (AvgIpc) is 2.81. The van der Waals surface area contributed by atoms with Crippen LogP contribution in [0, 0.1) is 11.3 Å². The van der Waals surface area contributed by atoms with Crippen LogP contribution >= 0.6 is 0 Å². The number of benzene rings is 2. The van der Waals surface area contributed by atoms with Gasteiger partial charge in [-0.05, 0) is 78.3 Å². The number of anilines is 1. The van der Waals surface area contributed by atoms with Gasteiger partial charge in [0.1, 0.15) is 6.61 Å². The molecule has 2 amide bonds. The monoisotopic (exact) mass is 466 g/mol. The SMILES string of the molecule is COc1cc(CC(N)=O)ccc1OCCN(C=O)c1cccc(C2CCC(C(C)(C)C)CC2)c1. The van der Waals surface area contributed by atoms with Crippen molar-refractivity contribution in [1.29, 1.82) is 0 Å². The quantitative estimate of drug-likeness (QED) is 0.495. The van der Waals surface area contributed by atoms with E-state index in [9.17, 15) is 9.59 Å². The molecule has 6 heteroatoms. The lowest BCUT2D eigenvalue weighted by Gasteiger charge is -2.37. The van der Waals surface area contributed by atoms with Crippen LogP contribution in [0.2, 0.25) is 0 Å². The topological polar surface area (TPSA) is 81.9 Å². The number of hydrogen-bond donors (Lipinski definition) is 1. The van der Waals surface area contributed by atoms with Gasteiger partial charge >= 0.3 is 0 Å². The summed E-state index contributed by atoms with van der Waals surface area (Å²) < 4.78 is 11.3. The molecule has 0 aromatic heterocycles. The summed E-state index contributed by atoms with van der Waals surface area (Å²) in [5.74, 6) is 2.01. The van der Waals surface area contributed by atoms with Crippen LogP contribution < -0.4 is 20.1 Å². The number of methoxy groups -OCH3 is 1. The third-order valence-electron chi connectivity index (χ3n) is 6.95. The summed E-state index contributed by atoms with van der Waals surface area (Å²) in [5.41, 5.74) is 8.60. The first-order valence-electron chi connectivity index (χ1n) is 12.1. The van der Waals surface area contributed by atoms with E-state index in [2.05, 4.69) is 32.9 Å². The Morgan fingerprint density at radius 3 is 2.44 bits per heavy atom. The summed E-state index contributed by atoms with van der Waals surface area (Å²) in [7, 11) is 1.55. The number of nitrogens with zero attached hydrogens (tertiary/aromatic N) is 1. The van der Waals surface area contributed by atoms with E-state index < -0.39 is 5.91 Å². The van der Waals surface area contributed by atoms with Gasteiger partial charge in [0.2, 0.25) is 12.3 Å². The van der Waals surface area contributed by atoms with Crippen molar-refractivity contribution >= 4 is 18.0 Å². The standard InChI is InChI=1S/C28H38N2O4/c1-28(2,3)23-11-9-21(10-12-23)22-6-5-7-24(18-22)30(19-31)14-15-34-25-13-8-20(17-27(29)32)16-26(25)33-4/h5-8,13,16,18-19,21,23H,9-12,14-15,17H2,1-4H3,(H2,29,32). The van der Waals surface area contributed by atoms with Gasteiger partial charge < -0.3 is 20.1 Å². The lowest BCUT2D eigenvalue weighted by atomic mass is 9.68. The average molecular weight is 467 g/mol. The van der Waals surface area contributed by atoms with Crippen LogP contribution in [0.1, 0.15) is 63.5 Å².